The molecule has 5 aliphatic carbocycles. The van der Waals surface area contributed by atoms with E-state index in [2.05, 4.69) is 21.2 Å². The number of amides is 1. The Morgan fingerprint density at radius 2 is 1.75 bits per heavy atom. The summed E-state index contributed by atoms with van der Waals surface area (Å²) >= 11 is 4.04. The first kappa shape index (κ1) is 13.6. The summed E-state index contributed by atoms with van der Waals surface area (Å²) in [4.78, 5) is 12.5. The molecule has 2 unspecified atom stereocenters. The lowest BCUT2D eigenvalue weighted by Crippen LogP contribution is -2.54. The molecule has 0 aromatic rings. The molecule has 0 radical (unpaired) electrons. The van der Waals surface area contributed by atoms with Crippen molar-refractivity contribution in [2.45, 2.75) is 81.0 Å². The molecular formula is C17H26BrNO. The van der Waals surface area contributed by atoms with Gasteiger partial charge < -0.3 is 5.32 Å². The molecule has 1 N–H and O–H groups in total. The third-order valence-electron chi connectivity index (χ3n) is 6.37. The molecule has 0 aliphatic heterocycles. The SMILES string of the molecule is O=C(CC12C[C@@H]3C[C@@H](CC(Br)(C3)C1)C2)NC1CCCC1. The van der Waals surface area contributed by atoms with Gasteiger partial charge in [0.05, 0.1) is 0 Å². The van der Waals surface area contributed by atoms with Gasteiger partial charge in [-0.1, -0.05) is 28.8 Å². The zero-order valence-electron chi connectivity index (χ0n) is 12.3. The van der Waals surface area contributed by atoms with Crippen molar-refractivity contribution >= 4 is 21.8 Å². The molecule has 5 saturated carbocycles. The van der Waals surface area contributed by atoms with Crippen LogP contribution in [0.15, 0.2) is 0 Å². The van der Waals surface area contributed by atoms with Crippen molar-refractivity contribution in [1.82, 2.24) is 5.32 Å². The molecule has 0 heterocycles. The topological polar surface area (TPSA) is 29.1 Å². The Hall–Kier alpha value is -0.0500. The van der Waals surface area contributed by atoms with E-state index in [1.807, 2.05) is 0 Å². The Morgan fingerprint density at radius 1 is 1.10 bits per heavy atom. The second-order valence-corrected chi connectivity index (χ2v) is 10.0. The molecule has 4 bridgehead atoms. The maximum absolute atomic E-state index is 12.5. The Labute approximate surface area is 130 Å². The fourth-order valence-corrected chi connectivity index (χ4v) is 7.74. The third kappa shape index (κ3) is 2.44. The molecule has 20 heavy (non-hydrogen) atoms. The number of alkyl halides is 1. The quantitative estimate of drug-likeness (QED) is 0.768. The van der Waals surface area contributed by atoms with E-state index in [0.717, 1.165) is 18.3 Å². The second-order valence-electron chi connectivity index (χ2n) is 8.34. The van der Waals surface area contributed by atoms with E-state index in [9.17, 15) is 4.79 Å². The van der Waals surface area contributed by atoms with Crippen LogP contribution >= 0.6 is 15.9 Å². The highest BCUT2D eigenvalue weighted by Crippen LogP contribution is 2.65. The lowest BCUT2D eigenvalue weighted by atomic mass is 9.48. The molecule has 0 aromatic carbocycles. The Morgan fingerprint density at radius 3 is 2.35 bits per heavy atom. The highest BCUT2D eigenvalue weighted by atomic mass is 79.9. The highest BCUT2D eigenvalue weighted by molar-refractivity contribution is 9.10. The van der Waals surface area contributed by atoms with Crippen molar-refractivity contribution in [2.75, 3.05) is 0 Å². The van der Waals surface area contributed by atoms with Crippen LogP contribution in [-0.2, 0) is 4.79 Å². The van der Waals surface area contributed by atoms with Crippen molar-refractivity contribution in [1.29, 1.82) is 0 Å². The lowest BCUT2D eigenvalue weighted by Gasteiger charge is -2.60. The first-order chi connectivity index (χ1) is 9.54. The van der Waals surface area contributed by atoms with Gasteiger partial charge in [0, 0.05) is 16.8 Å². The Bertz CT molecular complexity index is 401. The van der Waals surface area contributed by atoms with Crippen LogP contribution < -0.4 is 5.32 Å². The minimum absolute atomic E-state index is 0.330. The number of hydrogen-bond donors (Lipinski definition) is 1. The monoisotopic (exact) mass is 339 g/mol. The summed E-state index contributed by atoms with van der Waals surface area (Å²) in [5, 5.41) is 3.31. The van der Waals surface area contributed by atoms with Gasteiger partial charge in [0.15, 0.2) is 0 Å². The van der Waals surface area contributed by atoms with Gasteiger partial charge in [-0.05, 0) is 68.6 Å². The number of halogens is 1. The molecule has 0 aromatic heterocycles. The van der Waals surface area contributed by atoms with E-state index in [-0.39, 0.29) is 0 Å². The molecule has 1 amide bonds. The maximum Gasteiger partial charge on any atom is 0.220 e. The largest absolute Gasteiger partial charge is 0.353 e. The molecular weight excluding hydrogens is 314 g/mol. The van der Waals surface area contributed by atoms with Gasteiger partial charge in [-0.2, -0.15) is 0 Å². The summed E-state index contributed by atoms with van der Waals surface area (Å²) < 4.78 is 0.380. The van der Waals surface area contributed by atoms with E-state index < -0.39 is 0 Å². The molecule has 3 heteroatoms. The van der Waals surface area contributed by atoms with E-state index in [1.54, 1.807) is 0 Å². The highest BCUT2D eigenvalue weighted by Gasteiger charge is 2.57. The van der Waals surface area contributed by atoms with E-state index in [0.29, 0.717) is 21.7 Å². The van der Waals surface area contributed by atoms with Gasteiger partial charge in [0.25, 0.3) is 0 Å². The Kier molecular flexibility index (Phi) is 3.21. The van der Waals surface area contributed by atoms with Crippen LogP contribution in [0.1, 0.15) is 70.6 Å². The number of hydrogen-bond acceptors (Lipinski definition) is 1. The molecule has 2 nitrogen and oxygen atoms in total. The van der Waals surface area contributed by atoms with Gasteiger partial charge in [-0.25, -0.2) is 0 Å². The first-order valence-electron chi connectivity index (χ1n) is 8.53. The van der Waals surface area contributed by atoms with Crippen LogP contribution in [0.5, 0.6) is 0 Å². The average Bonchev–Trinajstić information content (AvgIpc) is 2.76. The van der Waals surface area contributed by atoms with Crippen molar-refractivity contribution in [3.05, 3.63) is 0 Å². The molecule has 4 atom stereocenters. The predicted octanol–water partition coefficient (Wildman–Crippen LogP) is 4.17. The summed E-state index contributed by atoms with van der Waals surface area (Å²) in [6.45, 7) is 0. The van der Waals surface area contributed by atoms with E-state index in [1.165, 1.54) is 64.2 Å². The third-order valence-corrected chi connectivity index (χ3v) is 7.29. The molecule has 0 saturated heterocycles. The van der Waals surface area contributed by atoms with Gasteiger partial charge in [-0.15, -0.1) is 0 Å². The van der Waals surface area contributed by atoms with Gasteiger partial charge in [0.1, 0.15) is 0 Å². The van der Waals surface area contributed by atoms with Crippen LogP contribution in [0.2, 0.25) is 0 Å². The molecule has 5 fully saturated rings. The molecule has 5 aliphatic rings. The van der Waals surface area contributed by atoms with E-state index in [4.69, 9.17) is 0 Å². The normalized spacial score (nSPS) is 46.9. The van der Waals surface area contributed by atoms with Gasteiger partial charge in [-0.3, -0.25) is 4.79 Å². The van der Waals surface area contributed by atoms with Crippen molar-refractivity contribution in [2.24, 2.45) is 17.3 Å². The first-order valence-corrected chi connectivity index (χ1v) is 9.32. The summed E-state index contributed by atoms with van der Waals surface area (Å²) in [6.07, 6.45) is 13.8. The maximum atomic E-state index is 12.5. The van der Waals surface area contributed by atoms with Crippen LogP contribution in [-0.4, -0.2) is 16.3 Å². The van der Waals surface area contributed by atoms with E-state index >= 15 is 0 Å². The second kappa shape index (κ2) is 4.72. The number of carbonyl (C=O) groups excluding carboxylic acids is 1. The number of rotatable bonds is 3. The van der Waals surface area contributed by atoms with Gasteiger partial charge >= 0.3 is 0 Å². The van der Waals surface area contributed by atoms with Crippen molar-refractivity contribution in [3.8, 4) is 0 Å². The molecule has 0 spiro atoms. The van der Waals surface area contributed by atoms with Crippen LogP contribution in [0.4, 0.5) is 0 Å². The van der Waals surface area contributed by atoms with Crippen molar-refractivity contribution in [3.63, 3.8) is 0 Å². The van der Waals surface area contributed by atoms with Crippen LogP contribution in [0.25, 0.3) is 0 Å². The zero-order chi connectivity index (χ0) is 13.8. The minimum Gasteiger partial charge on any atom is -0.353 e. The summed E-state index contributed by atoms with van der Waals surface area (Å²) in [7, 11) is 0. The predicted molar refractivity (Wildman–Crippen MR) is 83.8 cm³/mol. The Balaban J connectivity index is 1.43. The van der Waals surface area contributed by atoms with Crippen molar-refractivity contribution < 1.29 is 4.79 Å². The number of nitrogens with one attached hydrogen (secondary N) is 1. The lowest BCUT2D eigenvalue weighted by molar-refractivity contribution is -0.128. The summed E-state index contributed by atoms with van der Waals surface area (Å²) in [5.74, 6) is 2.11. The fraction of sp³-hybridized carbons (Fsp3) is 0.941. The number of carbonyl (C=O) groups is 1. The fourth-order valence-electron chi connectivity index (χ4n) is 6.23. The van der Waals surface area contributed by atoms with Crippen LogP contribution in [0.3, 0.4) is 0 Å². The molecule has 5 rings (SSSR count). The summed E-state index contributed by atoms with van der Waals surface area (Å²) in [5.41, 5.74) is 0.330. The smallest absolute Gasteiger partial charge is 0.220 e. The van der Waals surface area contributed by atoms with Crippen LogP contribution in [0, 0.1) is 17.3 Å². The minimum atomic E-state index is 0.330. The average molecular weight is 340 g/mol. The van der Waals surface area contributed by atoms with Gasteiger partial charge in [0.2, 0.25) is 5.91 Å². The zero-order valence-corrected chi connectivity index (χ0v) is 13.9. The summed E-state index contributed by atoms with van der Waals surface area (Å²) in [6, 6.07) is 0.481. The molecule has 112 valence electrons. The standard InChI is InChI=1S/C17H26BrNO/c18-17-8-12-5-13(9-17)7-16(6-12,11-17)10-15(20)19-14-3-1-2-4-14/h12-14H,1-11H2,(H,19,20)/t12-,13+,16?,17?.